The van der Waals surface area contributed by atoms with Crippen molar-refractivity contribution in [2.75, 3.05) is 26.6 Å². The number of pyridine rings is 1. The van der Waals surface area contributed by atoms with E-state index in [9.17, 15) is 4.79 Å². The molecule has 3 aromatic rings. The first-order chi connectivity index (χ1) is 15.0. The van der Waals surface area contributed by atoms with Crippen LogP contribution in [0.25, 0.3) is 11.4 Å². The molecule has 160 valence electrons. The summed E-state index contributed by atoms with van der Waals surface area (Å²) in [7, 11) is 4.59. The van der Waals surface area contributed by atoms with Gasteiger partial charge in [-0.1, -0.05) is 0 Å². The number of benzene rings is 1. The van der Waals surface area contributed by atoms with E-state index in [1.165, 1.54) is 21.3 Å². The molecule has 4 rings (SSSR count). The Balaban J connectivity index is 1.94. The van der Waals surface area contributed by atoms with Crippen LogP contribution in [-0.4, -0.2) is 47.0 Å². The number of nitrogens with one attached hydrogen (secondary N) is 1. The molecule has 0 radical (unpaired) electrons. The number of aromatic nitrogens is 4. The lowest BCUT2D eigenvalue weighted by Gasteiger charge is -2.28. The number of amides is 1. The molecule has 10 heteroatoms. The van der Waals surface area contributed by atoms with E-state index in [1.807, 2.05) is 12.1 Å². The Hall–Kier alpha value is -4.08. The van der Waals surface area contributed by atoms with Gasteiger partial charge in [0.2, 0.25) is 17.6 Å². The summed E-state index contributed by atoms with van der Waals surface area (Å²) in [5.41, 5.74) is 8.18. The van der Waals surface area contributed by atoms with Crippen LogP contribution in [0.3, 0.4) is 0 Å². The number of allylic oxidation sites excluding steroid dienone is 1. The number of nitrogens with zero attached hydrogens (tertiary/aromatic N) is 4. The predicted molar refractivity (Wildman–Crippen MR) is 113 cm³/mol. The third kappa shape index (κ3) is 3.41. The van der Waals surface area contributed by atoms with Gasteiger partial charge in [-0.2, -0.15) is 4.98 Å². The van der Waals surface area contributed by atoms with E-state index in [4.69, 9.17) is 19.9 Å². The average Bonchev–Trinajstić information content (AvgIpc) is 3.21. The second-order valence-corrected chi connectivity index (χ2v) is 6.83. The summed E-state index contributed by atoms with van der Waals surface area (Å²) in [5.74, 6) is 1.74. The molecule has 10 nitrogen and oxygen atoms in total. The topological polar surface area (TPSA) is 126 Å². The summed E-state index contributed by atoms with van der Waals surface area (Å²) in [6.07, 6.45) is 3.33. The van der Waals surface area contributed by atoms with Crippen molar-refractivity contribution in [3.05, 3.63) is 53.5 Å². The zero-order chi connectivity index (χ0) is 22.1. The zero-order valence-electron chi connectivity index (χ0n) is 17.5. The minimum absolute atomic E-state index is 0.355. The van der Waals surface area contributed by atoms with Gasteiger partial charge in [0.15, 0.2) is 17.3 Å². The molecular weight excluding hydrogens is 400 g/mol. The number of anilines is 1. The lowest BCUT2D eigenvalue weighted by Crippen LogP contribution is -2.31. The lowest BCUT2D eigenvalue weighted by molar-refractivity contribution is -0.115. The van der Waals surface area contributed by atoms with Crippen LogP contribution in [-0.2, 0) is 4.79 Å². The van der Waals surface area contributed by atoms with Crippen LogP contribution in [0.15, 0.2) is 47.9 Å². The van der Waals surface area contributed by atoms with Gasteiger partial charge in [-0.3, -0.25) is 9.78 Å². The molecule has 0 bridgehead atoms. The lowest BCUT2D eigenvalue weighted by atomic mass is 9.94. The molecule has 0 unspecified atom stereocenters. The summed E-state index contributed by atoms with van der Waals surface area (Å²) in [6, 6.07) is 6.51. The number of carbonyl (C=O) groups excluding carboxylic acids is 1. The number of fused-ring (bicyclic) bond motifs is 1. The van der Waals surface area contributed by atoms with Gasteiger partial charge in [-0.15, -0.1) is 5.10 Å². The molecule has 1 aliphatic rings. The van der Waals surface area contributed by atoms with E-state index in [0.29, 0.717) is 45.9 Å². The van der Waals surface area contributed by atoms with Crippen LogP contribution in [0.1, 0.15) is 18.5 Å². The van der Waals surface area contributed by atoms with Gasteiger partial charge in [0.1, 0.15) is 6.04 Å². The van der Waals surface area contributed by atoms with Crippen molar-refractivity contribution in [1.82, 2.24) is 19.7 Å². The number of primary amides is 1. The summed E-state index contributed by atoms with van der Waals surface area (Å²) in [6.45, 7) is 1.77. The van der Waals surface area contributed by atoms with E-state index in [2.05, 4.69) is 20.4 Å². The van der Waals surface area contributed by atoms with E-state index >= 15 is 0 Å². The van der Waals surface area contributed by atoms with Crippen LogP contribution in [0.5, 0.6) is 17.2 Å². The molecule has 0 saturated heterocycles. The van der Waals surface area contributed by atoms with E-state index in [0.717, 1.165) is 5.56 Å². The molecule has 1 aromatic carbocycles. The van der Waals surface area contributed by atoms with E-state index in [-0.39, 0.29) is 0 Å². The van der Waals surface area contributed by atoms with E-state index in [1.54, 1.807) is 36.1 Å². The monoisotopic (exact) mass is 422 g/mol. The third-order valence-electron chi connectivity index (χ3n) is 5.06. The largest absolute Gasteiger partial charge is 0.493 e. The Bertz CT molecular complexity index is 1150. The quantitative estimate of drug-likeness (QED) is 0.619. The number of ether oxygens (including phenoxy) is 3. The van der Waals surface area contributed by atoms with Gasteiger partial charge in [-0.05, 0) is 36.8 Å². The zero-order valence-corrected chi connectivity index (χ0v) is 17.5. The molecule has 0 saturated carbocycles. The maximum absolute atomic E-state index is 12.4. The average molecular weight is 422 g/mol. The molecule has 0 fully saturated rings. The molecule has 1 amide bonds. The molecular formula is C21H22N6O4. The standard InChI is InChI=1S/C21H22N6O4/c1-11-16(19(22)28)17(13-9-14(29-2)18(31-4)15(10-13)30-3)27-21(24-11)25-20(26-27)12-5-7-23-8-6-12/h5-10,17H,1-4H3,(H2,22,28)(H,24,25,26)/t17-/m0/s1. The van der Waals surface area contributed by atoms with E-state index < -0.39 is 11.9 Å². The fourth-order valence-electron chi connectivity index (χ4n) is 3.66. The summed E-state index contributed by atoms with van der Waals surface area (Å²) in [5, 5.41) is 7.79. The smallest absolute Gasteiger partial charge is 0.248 e. The number of rotatable bonds is 6. The molecule has 3 N–H and O–H groups in total. The SMILES string of the molecule is COc1cc([C@H]2C(C(N)=O)=C(C)Nc3nc(-c4ccncc4)nn32)cc(OC)c1OC. The summed E-state index contributed by atoms with van der Waals surface area (Å²) < 4.78 is 18.0. The first-order valence-corrected chi connectivity index (χ1v) is 9.43. The molecule has 1 atom stereocenters. The Morgan fingerprint density at radius 1 is 1.10 bits per heavy atom. The van der Waals surface area contributed by atoms with Crippen molar-refractivity contribution in [1.29, 1.82) is 0 Å². The Labute approximate surface area is 178 Å². The van der Waals surface area contributed by atoms with Crippen molar-refractivity contribution in [2.24, 2.45) is 5.73 Å². The number of hydrogen-bond acceptors (Lipinski definition) is 8. The van der Waals surface area contributed by atoms with Gasteiger partial charge in [0.05, 0.1) is 26.9 Å². The molecule has 0 aliphatic carbocycles. The highest BCUT2D eigenvalue weighted by molar-refractivity contribution is 5.95. The molecule has 3 heterocycles. The number of nitrogens with two attached hydrogens (primary N) is 1. The molecule has 2 aromatic heterocycles. The van der Waals surface area contributed by atoms with Gasteiger partial charge in [-0.25, -0.2) is 4.68 Å². The van der Waals surface area contributed by atoms with Crippen molar-refractivity contribution < 1.29 is 19.0 Å². The Kier molecular flexibility index (Phi) is 5.20. The highest BCUT2D eigenvalue weighted by Crippen LogP contribution is 2.43. The van der Waals surface area contributed by atoms with Crippen molar-refractivity contribution in [3.63, 3.8) is 0 Å². The Morgan fingerprint density at radius 2 is 1.74 bits per heavy atom. The fourth-order valence-corrected chi connectivity index (χ4v) is 3.66. The van der Waals surface area contributed by atoms with Gasteiger partial charge in [0, 0.05) is 23.7 Å². The maximum Gasteiger partial charge on any atom is 0.248 e. The second-order valence-electron chi connectivity index (χ2n) is 6.83. The number of hydrogen-bond donors (Lipinski definition) is 2. The first kappa shape index (κ1) is 20.2. The normalized spacial score (nSPS) is 15.2. The second kappa shape index (κ2) is 7.98. The molecule has 0 spiro atoms. The summed E-state index contributed by atoms with van der Waals surface area (Å²) in [4.78, 5) is 21.1. The first-order valence-electron chi connectivity index (χ1n) is 9.43. The third-order valence-corrected chi connectivity index (χ3v) is 5.06. The molecule has 31 heavy (non-hydrogen) atoms. The van der Waals surface area contributed by atoms with Crippen molar-refractivity contribution >= 4 is 11.9 Å². The van der Waals surface area contributed by atoms with Gasteiger partial charge in [0.25, 0.3) is 0 Å². The minimum atomic E-state index is -0.648. The number of methoxy groups -OCH3 is 3. The van der Waals surface area contributed by atoms with Crippen molar-refractivity contribution in [3.8, 4) is 28.6 Å². The summed E-state index contributed by atoms with van der Waals surface area (Å²) >= 11 is 0. The van der Waals surface area contributed by atoms with Crippen LogP contribution in [0.2, 0.25) is 0 Å². The Morgan fingerprint density at radius 3 is 2.29 bits per heavy atom. The van der Waals surface area contributed by atoms with Crippen LogP contribution >= 0.6 is 0 Å². The number of carbonyl (C=O) groups is 1. The maximum atomic E-state index is 12.4. The van der Waals surface area contributed by atoms with Crippen molar-refractivity contribution in [2.45, 2.75) is 13.0 Å². The van der Waals surface area contributed by atoms with Gasteiger partial charge < -0.3 is 25.3 Å². The fraction of sp³-hybridized carbons (Fsp3) is 0.238. The predicted octanol–water partition coefficient (Wildman–Crippen LogP) is 2.14. The minimum Gasteiger partial charge on any atom is -0.493 e. The van der Waals surface area contributed by atoms with Crippen LogP contribution in [0.4, 0.5) is 5.95 Å². The molecule has 1 aliphatic heterocycles. The van der Waals surface area contributed by atoms with Gasteiger partial charge >= 0.3 is 0 Å². The van der Waals surface area contributed by atoms with Crippen LogP contribution < -0.4 is 25.3 Å². The highest BCUT2D eigenvalue weighted by Gasteiger charge is 2.34. The highest BCUT2D eigenvalue weighted by atomic mass is 16.5. The van der Waals surface area contributed by atoms with Crippen LogP contribution in [0, 0.1) is 0 Å².